The summed E-state index contributed by atoms with van der Waals surface area (Å²) < 4.78 is 0. The Morgan fingerprint density at radius 3 is 1.23 bits per heavy atom. The highest BCUT2D eigenvalue weighted by atomic mass is 28.3. The van der Waals surface area contributed by atoms with Gasteiger partial charge in [-0.2, -0.15) is 0 Å². The summed E-state index contributed by atoms with van der Waals surface area (Å²) in [6.45, 7) is 9.56. The number of hydrogen-bond acceptors (Lipinski definition) is 2. The summed E-state index contributed by atoms with van der Waals surface area (Å²) in [7, 11) is 3.12. The van der Waals surface area contributed by atoms with Crippen molar-refractivity contribution in [1.82, 2.24) is 0 Å². The Bertz CT molecular complexity index is 1150. The summed E-state index contributed by atoms with van der Waals surface area (Å²) in [6, 6.07) is 35.5. The van der Waals surface area contributed by atoms with Gasteiger partial charge in [-0.15, -0.1) is 0 Å². The molecule has 0 unspecified atom stereocenters. The molecular weight excluding hydrogens is 457 g/mol. The lowest BCUT2D eigenvalue weighted by molar-refractivity contribution is 1.17. The maximum Gasteiger partial charge on any atom is 0.0819 e. The van der Waals surface area contributed by atoms with Gasteiger partial charge >= 0.3 is 0 Å². The second-order valence-corrected chi connectivity index (χ2v) is 14.7. The van der Waals surface area contributed by atoms with E-state index in [1.807, 2.05) is 0 Å². The summed E-state index contributed by atoms with van der Waals surface area (Å²) >= 11 is 0. The van der Waals surface area contributed by atoms with Crippen LogP contribution in [-0.2, 0) is 6.42 Å². The smallest absolute Gasteiger partial charge is 0.0819 e. The lowest BCUT2D eigenvalue weighted by Crippen LogP contribution is -2.30. The third kappa shape index (κ3) is 5.77. The Labute approximate surface area is 215 Å². The molecule has 0 bridgehead atoms. The van der Waals surface area contributed by atoms with Gasteiger partial charge in [-0.25, -0.2) is 0 Å². The molecule has 0 fully saturated rings. The fourth-order valence-corrected chi connectivity index (χ4v) is 7.06. The molecule has 4 rings (SSSR count). The lowest BCUT2D eigenvalue weighted by Gasteiger charge is -2.25. The number of benzene rings is 4. The highest BCUT2D eigenvalue weighted by Gasteiger charge is 2.16. The average Bonchev–Trinajstić information content (AvgIpc) is 2.88. The first kappa shape index (κ1) is 25.0. The van der Waals surface area contributed by atoms with Crippen LogP contribution in [-0.4, -0.2) is 31.7 Å². The Morgan fingerprint density at radius 2 is 0.886 bits per heavy atom. The SMILES string of the molecule is CN(c1ccccc1)c1ccc(Cc2ccc(N(C)c3ccccc3)c([Si](C)C)c2)cc1[Si](C)C. The largest absolute Gasteiger partial charge is 0.345 e. The molecule has 0 spiro atoms. The number of nitrogens with zero attached hydrogens (tertiary/aromatic N) is 2. The summed E-state index contributed by atoms with van der Waals surface area (Å²) in [6.07, 6.45) is 0.967. The molecule has 0 amide bonds. The minimum Gasteiger partial charge on any atom is -0.345 e. The number of para-hydroxylation sites is 2. The molecular formula is C31H36N2Si2. The van der Waals surface area contributed by atoms with Crippen molar-refractivity contribution in [3.8, 4) is 0 Å². The molecule has 2 radical (unpaired) electrons. The lowest BCUT2D eigenvalue weighted by atomic mass is 10.0. The van der Waals surface area contributed by atoms with Crippen LogP contribution in [0.5, 0.6) is 0 Å². The standard InChI is InChI=1S/C31H36N2Si2/c1-32(26-13-9-7-10-14-26)28-19-17-24(22-30(28)34(3)4)21-25-18-20-29(31(23-25)35(5)6)33(2)27-15-11-8-12-16-27/h7-20,22-23H,21H2,1-6H3. The molecule has 2 nitrogen and oxygen atoms in total. The average molecular weight is 493 g/mol. The molecule has 4 aromatic rings. The van der Waals surface area contributed by atoms with Crippen molar-refractivity contribution >= 4 is 50.7 Å². The van der Waals surface area contributed by atoms with Crippen LogP contribution in [0.15, 0.2) is 97.1 Å². The molecule has 0 aromatic heterocycles. The maximum absolute atomic E-state index is 2.45. The Kier molecular flexibility index (Phi) is 7.94. The quantitative estimate of drug-likeness (QED) is 0.251. The van der Waals surface area contributed by atoms with Crippen molar-refractivity contribution in [1.29, 1.82) is 0 Å². The van der Waals surface area contributed by atoms with Crippen molar-refractivity contribution in [2.45, 2.75) is 32.6 Å². The first-order chi connectivity index (χ1) is 16.8. The second kappa shape index (κ2) is 11.1. The van der Waals surface area contributed by atoms with Gasteiger partial charge in [-0.3, -0.25) is 0 Å². The highest BCUT2D eigenvalue weighted by Crippen LogP contribution is 2.25. The van der Waals surface area contributed by atoms with E-state index in [1.165, 1.54) is 44.2 Å². The van der Waals surface area contributed by atoms with Crippen molar-refractivity contribution < 1.29 is 0 Å². The zero-order valence-electron chi connectivity index (χ0n) is 21.8. The van der Waals surface area contributed by atoms with Crippen LogP contribution in [0.3, 0.4) is 0 Å². The summed E-state index contributed by atoms with van der Waals surface area (Å²) in [4.78, 5) is 4.65. The van der Waals surface area contributed by atoms with Crippen molar-refractivity contribution in [2.75, 3.05) is 23.9 Å². The van der Waals surface area contributed by atoms with Crippen LogP contribution < -0.4 is 20.2 Å². The fraction of sp³-hybridized carbons (Fsp3) is 0.226. The molecule has 0 aliphatic carbocycles. The zero-order valence-corrected chi connectivity index (χ0v) is 23.8. The van der Waals surface area contributed by atoms with E-state index in [1.54, 1.807) is 0 Å². The highest BCUT2D eigenvalue weighted by molar-refractivity contribution is 6.72. The van der Waals surface area contributed by atoms with Crippen molar-refractivity contribution in [2.24, 2.45) is 0 Å². The van der Waals surface area contributed by atoms with E-state index >= 15 is 0 Å². The molecule has 0 saturated carbocycles. The van der Waals surface area contributed by atoms with Gasteiger partial charge in [0.2, 0.25) is 0 Å². The summed E-state index contributed by atoms with van der Waals surface area (Å²) in [5, 5.41) is 2.99. The Balaban J connectivity index is 1.63. The third-order valence-electron chi connectivity index (χ3n) is 6.62. The number of hydrogen-bond donors (Lipinski definition) is 0. The van der Waals surface area contributed by atoms with Crippen LogP contribution in [0.2, 0.25) is 26.2 Å². The van der Waals surface area contributed by atoms with Crippen LogP contribution in [0.4, 0.5) is 22.7 Å². The van der Waals surface area contributed by atoms with E-state index in [-0.39, 0.29) is 0 Å². The fourth-order valence-electron chi connectivity index (χ4n) is 4.59. The van der Waals surface area contributed by atoms with Gasteiger partial charge in [0.05, 0.1) is 17.6 Å². The number of rotatable bonds is 8. The molecule has 0 atom stereocenters. The van der Waals surface area contributed by atoms with E-state index in [4.69, 9.17) is 0 Å². The molecule has 0 heterocycles. The van der Waals surface area contributed by atoms with E-state index in [2.05, 4.69) is 147 Å². The Morgan fingerprint density at radius 1 is 0.514 bits per heavy atom. The zero-order chi connectivity index (χ0) is 24.9. The van der Waals surface area contributed by atoms with Crippen LogP contribution >= 0.6 is 0 Å². The van der Waals surface area contributed by atoms with E-state index < -0.39 is 17.6 Å². The molecule has 0 N–H and O–H groups in total. The van der Waals surface area contributed by atoms with Gasteiger partial charge in [0, 0.05) is 36.8 Å². The molecule has 4 heteroatoms. The molecule has 178 valence electrons. The minimum atomic E-state index is -0.620. The second-order valence-electron chi connectivity index (χ2n) is 9.67. The van der Waals surface area contributed by atoms with E-state index in [0.29, 0.717) is 0 Å². The number of anilines is 4. The predicted octanol–water partition coefficient (Wildman–Crippen LogP) is 6.74. The van der Waals surface area contributed by atoms with Crippen LogP contribution in [0.1, 0.15) is 11.1 Å². The van der Waals surface area contributed by atoms with Gasteiger partial charge in [-0.05, 0) is 64.3 Å². The third-order valence-corrected chi connectivity index (χ3v) is 9.57. The van der Waals surface area contributed by atoms with Gasteiger partial charge in [0.1, 0.15) is 0 Å². The normalized spacial score (nSPS) is 11.2. The summed E-state index contributed by atoms with van der Waals surface area (Å²) in [5.74, 6) is 0. The first-order valence-corrected chi connectivity index (χ1v) is 17.3. The molecule has 0 aliphatic heterocycles. The van der Waals surface area contributed by atoms with E-state index in [0.717, 1.165) is 6.42 Å². The minimum absolute atomic E-state index is 0.620. The molecule has 4 aromatic carbocycles. The first-order valence-electron chi connectivity index (χ1n) is 12.3. The van der Waals surface area contributed by atoms with Crippen molar-refractivity contribution in [3.05, 3.63) is 108 Å². The van der Waals surface area contributed by atoms with Gasteiger partial charge in [0.25, 0.3) is 0 Å². The summed E-state index contributed by atoms with van der Waals surface area (Å²) in [5.41, 5.74) is 7.90. The molecule has 0 saturated heterocycles. The maximum atomic E-state index is 2.45. The van der Waals surface area contributed by atoms with Crippen LogP contribution in [0, 0.1) is 0 Å². The predicted molar refractivity (Wildman–Crippen MR) is 159 cm³/mol. The molecule has 0 aliphatic rings. The van der Waals surface area contributed by atoms with E-state index in [9.17, 15) is 0 Å². The monoisotopic (exact) mass is 492 g/mol. The van der Waals surface area contributed by atoms with Crippen molar-refractivity contribution in [3.63, 3.8) is 0 Å². The Hall–Kier alpha value is -3.09. The topological polar surface area (TPSA) is 6.48 Å². The van der Waals surface area contributed by atoms with Crippen LogP contribution in [0.25, 0.3) is 0 Å². The van der Waals surface area contributed by atoms with Gasteiger partial charge in [-0.1, -0.05) is 86.9 Å². The molecule has 35 heavy (non-hydrogen) atoms. The van der Waals surface area contributed by atoms with Gasteiger partial charge < -0.3 is 9.80 Å². The van der Waals surface area contributed by atoms with Gasteiger partial charge in [0.15, 0.2) is 0 Å².